The van der Waals surface area contributed by atoms with Gasteiger partial charge in [-0.15, -0.1) is 0 Å². The molecule has 3 atom stereocenters. The Morgan fingerprint density at radius 2 is 1.94 bits per heavy atom. The zero-order valence-corrected chi connectivity index (χ0v) is 11.6. The van der Waals surface area contributed by atoms with Crippen molar-refractivity contribution in [2.24, 2.45) is 16.7 Å². The fraction of sp³-hybridized carbons (Fsp3) is 1.00. The molecule has 3 fully saturated rings. The van der Waals surface area contributed by atoms with Crippen molar-refractivity contribution >= 4 is 33.2 Å². The topological polar surface area (TPSA) is 46.2 Å². The van der Waals surface area contributed by atoms with E-state index in [-0.39, 0.29) is 28.5 Å². The van der Waals surface area contributed by atoms with Gasteiger partial charge in [-0.25, -0.2) is 13.1 Å². The molecule has 1 spiro atoms. The van der Waals surface area contributed by atoms with Gasteiger partial charge >= 0.3 is 0 Å². The largest absolute Gasteiger partial charge is 0.212 e. The summed E-state index contributed by atoms with van der Waals surface area (Å²) in [6.07, 6.45) is 1.83. The second-order valence-corrected chi connectivity index (χ2v) is 9.15. The van der Waals surface area contributed by atoms with Crippen LogP contribution in [-0.4, -0.2) is 24.5 Å². The van der Waals surface area contributed by atoms with Gasteiger partial charge < -0.3 is 0 Å². The molecule has 2 saturated carbocycles. The number of halogens is 2. The highest BCUT2D eigenvalue weighted by Crippen LogP contribution is 2.73. The SMILES string of the molecule is CC1(C)C2CC[C@@]13CS(=O)(=O)N[C@@H]3C2(Cl)Cl. The molecular weight excluding hydrogens is 269 g/mol. The summed E-state index contributed by atoms with van der Waals surface area (Å²) >= 11 is 12.8. The number of sulfonamides is 1. The summed E-state index contributed by atoms with van der Waals surface area (Å²) in [5.74, 6) is 0.353. The van der Waals surface area contributed by atoms with Crippen molar-refractivity contribution in [2.75, 3.05) is 5.75 Å². The summed E-state index contributed by atoms with van der Waals surface area (Å²) in [7, 11) is -3.21. The van der Waals surface area contributed by atoms with Crippen LogP contribution in [0.3, 0.4) is 0 Å². The van der Waals surface area contributed by atoms with Crippen molar-refractivity contribution in [3.05, 3.63) is 0 Å². The maximum absolute atomic E-state index is 11.8. The molecule has 2 aliphatic carbocycles. The van der Waals surface area contributed by atoms with Gasteiger partial charge in [-0.05, 0) is 24.2 Å². The van der Waals surface area contributed by atoms with Gasteiger partial charge in [0.05, 0.1) is 11.8 Å². The maximum Gasteiger partial charge on any atom is 0.212 e. The highest BCUT2D eigenvalue weighted by molar-refractivity contribution is 7.89. The first-order chi connectivity index (χ1) is 7.14. The molecule has 2 bridgehead atoms. The Balaban J connectivity index is 2.21. The Labute approximate surface area is 106 Å². The van der Waals surface area contributed by atoms with Crippen molar-refractivity contribution in [1.29, 1.82) is 0 Å². The molecule has 1 N–H and O–H groups in total. The first-order valence-electron chi connectivity index (χ1n) is 5.51. The van der Waals surface area contributed by atoms with E-state index in [4.69, 9.17) is 23.2 Å². The number of rotatable bonds is 0. The van der Waals surface area contributed by atoms with Crippen LogP contribution in [0.15, 0.2) is 0 Å². The molecule has 6 heteroatoms. The third-order valence-electron chi connectivity index (χ3n) is 5.18. The summed E-state index contributed by atoms with van der Waals surface area (Å²) < 4.78 is 25.3. The lowest BCUT2D eigenvalue weighted by atomic mass is 9.69. The third-order valence-corrected chi connectivity index (χ3v) is 7.63. The third kappa shape index (κ3) is 1.03. The molecule has 1 aliphatic heterocycles. The molecule has 0 amide bonds. The van der Waals surface area contributed by atoms with Gasteiger partial charge in [0, 0.05) is 5.41 Å². The van der Waals surface area contributed by atoms with Crippen LogP contribution < -0.4 is 4.72 Å². The Morgan fingerprint density at radius 3 is 2.50 bits per heavy atom. The monoisotopic (exact) mass is 283 g/mol. The molecule has 1 saturated heterocycles. The minimum absolute atomic E-state index is 0.113. The number of fused-ring (bicyclic) bond motifs is 1. The van der Waals surface area contributed by atoms with Crippen LogP contribution in [0.4, 0.5) is 0 Å². The predicted octanol–water partition coefficient (Wildman–Crippen LogP) is 1.90. The molecule has 16 heavy (non-hydrogen) atoms. The van der Waals surface area contributed by atoms with E-state index < -0.39 is 14.4 Å². The predicted molar refractivity (Wildman–Crippen MR) is 64.1 cm³/mol. The minimum Gasteiger partial charge on any atom is -0.212 e. The van der Waals surface area contributed by atoms with Crippen molar-refractivity contribution in [2.45, 2.75) is 37.1 Å². The molecule has 0 aromatic heterocycles. The second kappa shape index (κ2) is 2.73. The average Bonchev–Trinajstić information content (AvgIpc) is 2.53. The van der Waals surface area contributed by atoms with Gasteiger partial charge in [0.1, 0.15) is 4.33 Å². The highest BCUT2D eigenvalue weighted by atomic mass is 35.5. The van der Waals surface area contributed by atoms with E-state index >= 15 is 0 Å². The lowest BCUT2D eigenvalue weighted by Gasteiger charge is -2.36. The number of hydrogen-bond donors (Lipinski definition) is 1. The molecule has 3 rings (SSSR count). The van der Waals surface area contributed by atoms with E-state index in [2.05, 4.69) is 18.6 Å². The van der Waals surface area contributed by atoms with E-state index in [9.17, 15) is 8.42 Å². The number of hydrogen-bond acceptors (Lipinski definition) is 2. The molecule has 1 unspecified atom stereocenters. The Bertz CT molecular complexity index is 459. The normalized spacial score (nSPS) is 50.5. The lowest BCUT2D eigenvalue weighted by molar-refractivity contribution is 0.146. The first-order valence-corrected chi connectivity index (χ1v) is 7.92. The van der Waals surface area contributed by atoms with Crippen molar-refractivity contribution in [3.63, 3.8) is 0 Å². The molecule has 1 heterocycles. The molecule has 0 aromatic carbocycles. The van der Waals surface area contributed by atoms with Crippen LogP contribution in [0.5, 0.6) is 0 Å². The van der Waals surface area contributed by atoms with Gasteiger partial charge in [0.25, 0.3) is 0 Å². The standard InChI is InChI=1S/C10H15Cl2NO2S/c1-8(2)6-3-4-9(8)5-16(14,15)13-7(9)10(6,11)12/h6-7,13H,3-5H2,1-2H3/t6?,7-,9-/m0/s1. The molecule has 3 nitrogen and oxygen atoms in total. The fourth-order valence-electron chi connectivity index (χ4n) is 4.28. The van der Waals surface area contributed by atoms with E-state index in [1.54, 1.807) is 0 Å². The quantitative estimate of drug-likeness (QED) is 0.691. The van der Waals surface area contributed by atoms with E-state index in [0.717, 1.165) is 12.8 Å². The fourth-order valence-corrected chi connectivity index (χ4v) is 7.92. The molecule has 0 radical (unpaired) electrons. The average molecular weight is 284 g/mol. The van der Waals surface area contributed by atoms with Crippen molar-refractivity contribution < 1.29 is 8.42 Å². The van der Waals surface area contributed by atoms with E-state index in [0.29, 0.717) is 0 Å². The Kier molecular flexibility index (Phi) is 1.98. The van der Waals surface area contributed by atoms with Crippen LogP contribution in [0, 0.1) is 16.7 Å². The summed E-state index contributed by atoms with van der Waals surface area (Å²) in [4.78, 5) is 0. The zero-order chi connectivity index (χ0) is 12.0. The number of nitrogens with one attached hydrogen (secondary N) is 1. The molecule has 3 aliphatic rings. The van der Waals surface area contributed by atoms with Crippen LogP contribution in [0.2, 0.25) is 0 Å². The minimum atomic E-state index is -3.21. The molecule has 0 aromatic rings. The van der Waals surface area contributed by atoms with E-state index in [1.807, 2.05) is 0 Å². The van der Waals surface area contributed by atoms with Crippen LogP contribution >= 0.6 is 23.2 Å². The summed E-state index contributed by atoms with van der Waals surface area (Å²) in [6.45, 7) is 4.21. The van der Waals surface area contributed by atoms with Gasteiger partial charge in [0.2, 0.25) is 10.0 Å². The second-order valence-electron chi connectivity index (χ2n) is 5.95. The Morgan fingerprint density at radius 1 is 1.31 bits per heavy atom. The van der Waals surface area contributed by atoms with Crippen molar-refractivity contribution in [3.8, 4) is 0 Å². The highest BCUT2D eigenvalue weighted by Gasteiger charge is 2.77. The molecule has 92 valence electrons. The lowest BCUT2D eigenvalue weighted by Crippen LogP contribution is -2.48. The summed E-state index contributed by atoms with van der Waals surface area (Å²) in [6, 6.07) is -0.318. The smallest absolute Gasteiger partial charge is 0.212 e. The van der Waals surface area contributed by atoms with Gasteiger partial charge in [0.15, 0.2) is 0 Å². The van der Waals surface area contributed by atoms with Gasteiger partial charge in [-0.1, -0.05) is 37.0 Å². The van der Waals surface area contributed by atoms with Crippen LogP contribution in [-0.2, 0) is 10.0 Å². The maximum atomic E-state index is 11.8. The zero-order valence-electron chi connectivity index (χ0n) is 9.26. The van der Waals surface area contributed by atoms with Gasteiger partial charge in [-0.3, -0.25) is 0 Å². The first kappa shape index (κ1) is 11.6. The van der Waals surface area contributed by atoms with Crippen LogP contribution in [0.1, 0.15) is 26.7 Å². The number of alkyl halides is 2. The summed E-state index contributed by atoms with van der Waals surface area (Å²) in [5, 5.41) is 0. The Hall–Kier alpha value is 0.490. The van der Waals surface area contributed by atoms with Crippen molar-refractivity contribution in [1.82, 2.24) is 4.72 Å². The van der Waals surface area contributed by atoms with E-state index in [1.165, 1.54) is 0 Å². The van der Waals surface area contributed by atoms with Gasteiger partial charge in [-0.2, -0.15) is 0 Å². The molecular formula is C10H15Cl2NO2S. The summed E-state index contributed by atoms with van der Waals surface area (Å²) in [5.41, 5.74) is -0.391. The van der Waals surface area contributed by atoms with Crippen LogP contribution in [0.25, 0.3) is 0 Å².